The van der Waals surface area contributed by atoms with Crippen molar-refractivity contribution < 1.29 is 22.7 Å². The number of ether oxygens (including phenoxy) is 2. The van der Waals surface area contributed by atoms with Crippen LogP contribution < -0.4 is 19.1 Å². The third-order valence-electron chi connectivity index (χ3n) is 5.07. The van der Waals surface area contributed by atoms with Gasteiger partial charge in [0.1, 0.15) is 6.54 Å². The lowest BCUT2D eigenvalue weighted by molar-refractivity contribution is -0.114. The molecule has 7 nitrogen and oxygen atoms in total. The first-order valence-electron chi connectivity index (χ1n) is 9.93. The number of nitrogens with zero attached hydrogens (tertiary/aromatic N) is 1. The maximum Gasteiger partial charge on any atom is 0.264 e. The maximum atomic E-state index is 13.5. The van der Waals surface area contributed by atoms with Crippen LogP contribution in [-0.4, -0.2) is 35.1 Å². The molecule has 0 aliphatic carbocycles. The lowest BCUT2D eigenvalue weighted by Crippen LogP contribution is -2.38. The molecule has 0 aliphatic rings. The minimum atomic E-state index is -4.08. The third-order valence-corrected chi connectivity index (χ3v) is 6.83. The Kier molecular flexibility index (Phi) is 7.05. The van der Waals surface area contributed by atoms with Gasteiger partial charge in [0.05, 0.1) is 24.8 Å². The van der Waals surface area contributed by atoms with Crippen LogP contribution in [0.15, 0.2) is 71.6 Å². The highest BCUT2D eigenvalue weighted by Gasteiger charge is 2.28. The molecule has 0 aromatic heterocycles. The van der Waals surface area contributed by atoms with E-state index in [2.05, 4.69) is 5.32 Å². The fourth-order valence-corrected chi connectivity index (χ4v) is 4.60. The first-order valence-corrected chi connectivity index (χ1v) is 11.4. The highest BCUT2D eigenvalue weighted by Crippen LogP contribution is 2.32. The molecular formula is C24H26N2O5S. The molecule has 0 spiro atoms. The Balaban J connectivity index is 1.95. The summed E-state index contributed by atoms with van der Waals surface area (Å²) in [4.78, 5) is 12.8. The number of hydrogen-bond donors (Lipinski definition) is 1. The van der Waals surface area contributed by atoms with E-state index in [1.807, 2.05) is 26.0 Å². The highest BCUT2D eigenvalue weighted by atomic mass is 32.2. The van der Waals surface area contributed by atoms with Crippen molar-refractivity contribution >= 4 is 27.3 Å². The molecule has 3 aromatic carbocycles. The van der Waals surface area contributed by atoms with Crippen molar-refractivity contribution in [2.24, 2.45) is 0 Å². The Hall–Kier alpha value is -3.52. The molecule has 3 aromatic rings. The number of para-hydroxylation sites is 1. The number of rotatable bonds is 8. The summed E-state index contributed by atoms with van der Waals surface area (Å²) in [5.74, 6) is 0.229. The minimum Gasteiger partial charge on any atom is -0.493 e. The van der Waals surface area contributed by atoms with Crippen molar-refractivity contribution in [1.82, 2.24) is 0 Å². The SMILES string of the molecule is COc1ccc(S(=O)(=O)N(CC(=O)Nc2ccc(C)c(C)c2)c2ccccc2)cc1OC. The Bertz CT molecular complexity index is 1210. The Morgan fingerprint density at radius 3 is 2.19 bits per heavy atom. The van der Waals surface area contributed by atoms with Crippen LogP contribution in [0.1, 0.15) is 11.1 Å². The summed E-state index contributed by atoms with van der Waals surface area (Å²) in [7, 11) is -1.17. The normalized spacial score (nSPS) is 11.0. The summed E-state index contributed by atoms with van der Waals surface area (Å²) < 4.78 is 38.6. The van der Waals surface area contributed by atoms with Crippen LogP contribution in [0, 0.1) is 13.8 Å². The van der Waals surface area contributed by atoms with Crippen molar-refractivity contribution in [3.05, 3.63) is 77.9 Å². The summed E-state index contributed by atoms with van der Waals surface area (Å²) in [6.45, 7) is 3.53. The second-order valence-electron chi connectivity index (χ2n) is 7.21. The van der Waals surface area contributed by atoms with E-state index >= 15 is 0 Å². The van der Waals surface area contributed by atoms with Gasteiger partial charge in [-0.1, -0.05) is 24.3 Å². The second kappa shape index (κ2) is 9.74. The number of hydrogen-bond acceptors (Lipinski definition) is 5. The fourth-order valence-electron chi connectivity index (χ4n) is 3.16. The van der Waals surface area contributed by atoms with Gasteiger partial charge in [0.2, 0.25) is 5.91 Å². The predicted molar refractivity (Wildman–Crippen MR) is 125 cm³/mol. The standard InChI is InChI=1S/C24H26N2O5S/c1-17-10-11-19(14-18(17)2)25-24(27)16-26(20-8-6-5-7-9-20)32(28,29)21-12-13-22(30-3)23(15-21)31-4/h5-15H,16H2,1-4H3,(H,25,27). The molecule has 8 heteroatoms. The average molecular weight is 455 g/mol. The fraction of sp³-hybridized carbons (Fsp3) is 0.208. The smallest absolute Gasteiger partial charge is 0.264 e. The molecule has 0 radical (unpaired) electrons. The van der Waals surface area contributed by atoms with Gasteiger partial charge in [0, 0.05) is 11.8 Å². The van der Waals surface area contributed by atoms with Gasteiger partial charge in [-0.2, -0.15) is 0 Å². The van der Waals surface area contributed by atoms with Crippen molar-refractivity contribution in [3.8, 4) is 11.5 Å². The van der Waals surface area contributed by atoms with E-state index in [0.29, 0.717) is 17.1 Å². The zero-order valence-electron chi connectivity index (χ0n) is 18.5. The number of anilines is 2. The lowest BCUT2D eigenvalue weighted by Gasteiger charge is -2.24. The van der Waals surface area contributed by atoms with E-state index in [4.69, 9.17) is 9.47 Å². The number of sulfonamides is 1. The molecule has 0 unspecified atom stereocenters. The van der Waals surface area contributed by atoms with Crippen LogP contribution in [0.5, 0.6) is 11.5 Å². The van der Waals surface area contributed by atoms with Gasteiger partial charge < -0.3 is 14.8 Å². The third kappa shape index (κ3) is 5.03. The van der Waals surface area contributed by atoms with E-state index in [0.717, 1.165) is 15.4 Å². The number of aryl methyl sites for hydroxylation is 2. The number of amides is 1. The molecule has 0 fully saturated rings. The Morgan fingerprint density at radius 2 is 1.56 bits per heavy atom. The first kappa shape index (κ1) is 23.1. The molecule has 3 rings (SSSR count). The van der Waals surface area contributed by atoms with Gasteiger partial charge >= 0.3 is 0 Å². The summed E-state index contributed by atoms with van der Waals surface area (Å²) in [6, 6.07) is 18.4. The number of benzene rings is 3. The van der Waals surface area contributed by atoms with Crippen LogP contribution in [-0.2, 0) is 14.8 Å². The zero-order valence-corrected chi connectivity index (χ0v) is 19.3. The number of nitrogens with one attached hydrogen (secondary N) is 1. The molecule has 0 atom stereocenters. The van der Waals surface area contributed by atoms with Crippen LogP contribution in [0.3, 0.4) is 0 Å². The number of methoxy groups -OCH3 is 2. The molecule has 0 saturated heterocycles. The molecule has 168 valence electrons. The molecule has 1 amide bonds. The molecule has 32 heavy (non-hydrogen) atoms. The summed E-state index contributed by atoms with van der Waals surface area (Å²) >= 11 is 0. The van der Waals surface area contributed by atoms with Gasteiger partial charge in [-0.15, -0.1) is 0 Å². The second-order valence-corrected chi connectivity index (χ2v) is 9.07. The molecule has 0 bridgehead atoms. The summed E-state index contributed by atoms with van der Waals surface area (Å²) in [5, 5.41) is 2.78. The van der Waals surface area contributed by atoms with Crippen LogP contribution >= 0.6 is 0 Å². The number of carbonyl (C=O) groups excluding carboxylic acids is 1. The zero-order chi connectivity index (χ0) is 23.3. The van der Waals surface area contributed by atoms with Crippen molar-refractivity contribution in [1.29, 1.82) is 0 Å². The van der Waals surface area contributed by atoms with Crippen molar-refractivity contribution in [2.45, 2.75) is 18.7 Å². The van der Waals surface area contributed by atoms with Crippen LogP contribution in [0.25, 0.3) is 0 Å². The molecule has 0 aliphatic heterocycles. The van der Waals surface area contributed by atoms with Crippen molar-refractivity contribution in [3.63, 3.8) is 0 Å². The highest BCUT2D eigenvalue weighted by molar-refractivity contribution is 7.92. The molecule has 0 heterocycles. The monoisotopic (exact) mass is 454 g/mol. The van der Waals surface area contributed by atoms with Crippen molar-refractivity contribution in [2.75, 3.05) is 30.4 Å². The topological polar surface area (TPSA) is 84.9 Å². The summed E-state index contributed by atoms with van der Waals surface area (Å²) in [5.41, 5.74) is 3.11. The van der Waals surface area contributed by atoms with Crippen LogP contribution in [0.2, 0.25) is 0 Å². The van der Waals surface area contributed by atoms with Gasteiger partial charge in [-0.3, -0.25) is 9.10 Å². The summed E-state index contributed by atoms with van der Waals surface area (Å²) in [6.07, 6.45) is 0. The number of carbonyl (C=O) groups is 1. The van der Waals surface area contributed by atoms with Gasteiger partial charge in [-0.05, 0) is 61.4 Å². The molecule has 0 saturated carbocycles. The average Bonchev–Trinajstić information content (AvgIpc) is 2.79. The quantitative estimate of drug-likeness (QED) is 0.553. The van der Waals surface area contributed by atoms with Gasteiger partial charge in [-0.25, -0.2) is 8.42 Å². The van der Waals surface area contributed by atoms with Crippen LogP contribution in [0.4, 0.5) is 11.4 Å². The Morgan fingerprint density at radius 1 is 0.875 bits per heavy atom. The first-order chi connectivity index (χ1) is 15.3. The van der Waals surface area contributed by atoms with E-state index in [1.165, 1.54) is 32.4 Å². The van der Waals surface area contributed by atoms with E-state index < -0.39 is 22.5 Å². The van der Waals surface area contributed by atoms with Gasteiger partial charge in [0.25, 0.3) is 10.0 Å². The van der Waals surface area contributed by atoms with E-state index in [9.17, 15) is 13.2 Å². The predicted octanol–water partition coefficient (Wildman–Crippen LogP) is 4.15. The van der Waals surface area contributed by atoms with E-state index in [1.54, 1.807) is 36.4 Å². The molecular weight excluding hydrogens is 428 g/mol. The van der Waals surface area contributed by atoms with E-state index in [-0.39, 0.29) is 10.6 Å². The molecule has 1 N–H and O–H groups in total. The Labute approximate surface area is 188 Å². The maximum absolute atomic E-state index is 13.5. The van der Waals surface area contributed by atoms with Gasteiger partial charge in [0.15, 0.2) is 11.5 Å². The largest absolute Gasteiger partial charge is 0.493 e. The lowest BCUT2D eigenvalue weighted by atomic mass is 10.1. The minimum absolute atomic E-state index is 0.0158.